The number of amides is 1. The third-order valence-electron chi connectivity index (χ3n) is 3.59. The zero-order chi connectivity index (χ0) is 16.2. The molecule has 0 atom stereocenters. The van der Waals surface area contributed by atoms with Crippen molar-refractivity contribution in [1.82, 2.24) is 4.90 Å². The first-order valence-corrected chi connectivity index (χ1v) is 7.00. The molecule has 1 heterocycles. The normalized spacial score (nSPS) is 15.9. The molecule has 0 aliphatic carbocycles. The van der Waals surface area contributed by atoms with Gasteiger partial charge < -0.3 is 4.90 Å². The highest BCUT2D eigenvalue weighted by atomic mass is 19.4. The fourth-order valence-electron chi connectivity index (χ4n) is 2.33. The van der Waals surface area contributed by atoms with E-state index >= 15 is 0 Å². The zero-order valence-corrected chi connectivity index (χ0v) is 12.0. The average molecular weight is 307 g/mol. The Balaban J connectivity index is 2.00. The highest BCUT2D eigenvalue weighted by Gasteiger charge is 2.30. The largest absolute Gasteiger partial charge is 0.416 e. The van der Waals surface area contributed by atoms with Gasteiger partial charge in [0.2, 0.25) is 5.91 Å². The first kappa shape index (κ1) is 16.2. The summed E-state index contributed by atoms with van der Waals surface area (Å²) in [4.78, 5) is 13.2. The lowest BCUT2D eigenvalue weighted by Gasteiger charge is -2.28. The number of benzene rings is 1. The molecule has 0 spiro atoms. The van der Waals surface area contributed by atoms with E-state index in [1.54, 1.807) is 11.0 Å². The van der Waals surface area contributed by atoms with Gasteiger partial charge >= 0.3 is 6.18 Å². The van der Waals surface area contributed by atoms with Crippen LogP contribution in [0, 0.1) is 17.8 Å². The van der Waals surface area contributed by atoms with E-state index in [1.165, 1.54) is 12.1 Å². The van der Waals surface area contributed by atoms with Crippen LogP contribution in [0.3, 0.4) is 0 Å². The van der Waals surface area contributed by atoms with Crippen molar-refractivity contribution in [1.29, 1.82) is 0 Å². The minimum absolute atomic E-state index is 0.0933. The fraction of sp³-hybridized carbons (Fsp3) is 0.353. The Hall–Kier alpha value is -2.22. The third-order valence-corrected chi connectivity index (χ3v) is 3.59. The Kier molecular flexibility index (Phi) is 4.92. The lowest BCUT2D eigenvalue weighted by atomic mass is 9.97. The first-order chi connectivity index (χ1) is 10.4. The Labute approximate surface area is 127 Å². The van der Waals surface area contributed by atoms with E-state index in [9.17, 15) is 18.0 Å². The summed E-state index contributed by atoms with van der Waals surface area (Å²) in [7, 11) is 0. The molecule has 1 aliphatic heterocycles. The Bertz CT molecular complexity index is 617. The molecule has 1 saturated heterocycles. The van der Waals surface area contributed by atoms with Crippen molar-refractivity contribution in [3.63, 3.8) is 0 Å². The highest BCUT2D eigenvalue weighted by Crippen LogP contribution is 2.29. The fourth-order valence-corrected chi connectivity index (χ4v) is 2.33. The van der Waals surface area contributed by atoms with E-state index in [-0.39, 0.29) is 11.8 Å². The summed E-state index contributed by atoms with van der Waals surface area (Å²) in [6, 6.07) is 5.02. The van der Waals surface area contributed by atoms with Crippen molar-refractivity contribution >= 4 is 5.91 Å². The van der Waals surface area contributed by atoms with Crippen LogP contribution < -0.4 is 0 Å². The van der Waals surface area contributed by atoms with E-state index in [0.717, 1.165) is 25.0 Å². The summed E-state index contributed by atoms with van der Waals surface area (Å²) in [5.74, 6) is 5.83. The number of hydrogen-bond acceptors (Lipinski definition) is 1. The summed E-state index contributed by atoms with van der Waals surface area (Å²) >= 11 is 0. The summed E-state index contributed by atoms with van der Waals surface area (Å²) in [6.45, 7) is 4.66. The first-order valence-electron chi connectivity index (χ1n) is 7.00. The number of alkyl halides is 3. The molecule has 1 aromatic carbocycles. The molecule has 0 bridgehead atoms. The van der Waals surface area contributed by atoms with Gasteiger partial charge in [-0.2, -0.15) is 13.2 Å². The average Bonchev–Trinajstić information content (AvgIpc) is 2.52. The Morgan fingerprint density at radius 2 is 2.00 bits per heavy atom. The number of likely N-dealkylation sites (tertiary alicyclic amines) is 1. The van der Waals surface area contributed by atoms with Gasteiger partial charge in [0, 0.05) is 24.6 Å². The smallest absolute Gasteiger partial charge is 0.339 e. The van der Waals surface area contributed by atoms with E-state index < -0.39 is 11.7 Å². The molecule has 2 nitrogen and oxygen atoms in total. The topological polar surface area (TPSA) is 20.3 Å². The van der Waals surface area contributed by atoms with Crippen LogP contribution in [0.25, 0.3) is 0 Å². The summed E-state index contributed by atoms with van der Waals surface area (Å²) < 4.78 is 37.9. The van der Waals surface area contributed by atoms with Crippen LogP contribution in [-0.2, 0) is 11.0 Å². The Morgan fingerprint density at radius 3 is 2.59 bits per heavy atom. The third kappa shape index (κ3) is 4.14. The molecule has 1 aliphatic rings. The molecule has 0 unspecified atom stereocenters. The molecule has 0 N–H and O–H groups in total. The molecule has 1 amide bonds. The monoisotopic (exact) mass is 307 g/mol. The van der Waals surface area contributed by atoms with Crippen molar-refractivity contribution in [3.05, 3.63) is 48.0 Å². The molecular formula is C17H16F3NO. The number of carbonyl (C=O) groups is 1. The van der Waals surface area contributed by atoms with E-state index in [0.29, 0.717) is 18.7 Å². The molecule has 2 rings (SSSR count). The van der Waals surface area contributed by atoms with E-state index in [4.69, 9.17) is 0 Å². The summed E-state index contributed by atoms with van der Waals surface area (Å²) in [5.41, 5.74) is -0.329. The van der Waals surface area contributed by atoms with Crippen molar-refractivity contribution in [2.24, 2.45) is 5.92 Å². The van der Waals surface area contributed by atoms with Crippen LogP contribution in [0.2, 0.25) is 0 Å². The zero-order valence-electron chi connectivity index (χ0n) is 12.0. The molecular weight excluding hydrogens is 291 g/mol. The lowest BCUT2D eigenvalue weighted by Crippen LogP contribution is -2.37. The maximum atomic E-state index is 12.6. The minimum Gasteiger partial charge on any atom is -0.339 e. The van der Waals surface area contributed by atoms with Gasteiger partial charge in [0.05, 0.1) is 5.56 Å². The van der Waals surface area contributed by atoms with Crippen molar-refractivity contribution in [2.45, 2.75) is 19.0 Å². The van der Waals surface area contributed by atoms with Gasteiger partial charge in [-0.05, 0) is 37.1 Å². The van der Waals surface area contributed by atoms with Crippen LogP contribution in [0.1, 0.15) is 24.0 Å². The molecule has 22 heavy (non-hydrogen) atoms. The van der Waals surface area contributed by atoms with Gasteiger partial charge in [-0.15, -0.1) is 0 Å². The standard InChI is InChI=1S/C17H16F3NO/c1-2-16(22)21-10-8-13(9-11-21)6-7-14-4-3-5-15(12-14)17(18,19)20/h2-5,12-13H,1,8-11H2. The summed E-state index contributed by atoms with van der Waals surface area (Å²) in [5, 5.41) is 0. The van der Waals surface area contributed by atoms with Gasteiger partial charge in [0.25, 0.3) is 0 Å². The number of nitrogens with zero attached hydrogens (tertiary/aromatic N) is 1. The summed E-state index contributed by atoms with van der Waals surface area (Å²) in [6.07, 6.45) is -1.61. The molecule has 116 valence electrons. The molecule has 0 radical (unpaired) electrons. The van der Waals surface area contributed by atoms with Gasteiger partial charge in [0.15, 0.2) is 0 Å². The van der Waals surface area contributed by atoms with Crippen LogP contribution >= 0.6 is 0 Å². The van der Waals surface area contributed by atoms with Crippen LogP contribution in [-0.4, -0.2) is 23.9 Å². The quantitative estimate of drug-likeness (QED) is 0.574. The van der Waals surface area contributed by atoms with Crippen molar-refractivity contribution < 1.29 is 18.0 Å². The Morgan fingerprint density at radius 1 is 1.32 bits per heavy atom. The number of hydrogen-bond donors (Lipinski definition) is 0. The van der Waals surface area contributed by atoms with Gasteiger partial charge in [-0.3, -0.25) is 4.79 Å². The van der Waals surface area contributed by atoms with Gasteiger partial charge in [0.1, 0.15) is 0 Å². The van der Waals surface area contributed by atoms with Gasteiger partial charge in [-0.1, -0.05) is 24.5 Å². The molecule has 1 aromatic rings. The van der Waals surface area contributed by atoms with Crippen molar-refractivity contribution in [2.75, 3.05) is 13.1 Å². The van der Waals surface area contributed by atoms with Gasteiger partial charge in [-0.25, -0.2) is 0 Å². The molecule has 0 aromatic heterocycles. The second-order valence-electron chi connectivity index (χ2n) is 5.15. The van der Waals surface area contributed by atoms with E-state index in [1.807, 2.05) is 0 Å². The second kappa shape index (κ2) is 6.69. The van der Waals surface area contributed by atoms with Crippen molar-refractivity contribution in [3.8, 4) is 11.8 Å². The van der Waals surface area contributed by atoms with Crippen LogP contribution in [0.15, 0.2) is 36.9 Å². The highest BCUT2D eigenvalue weighted by molar-refractivity contribution is 5.87. The predicted molar refractivity (Wildman–Crippen MR) is 77.8 cm³/mol. The molecule has 0 saturated carbocycles. The maximum Gasteiger partial charge on any atom is 0.416 e. The minimum atomic E-state index is -4.35. The lowest BCUT2D eigenvalue weighted by molar-refractivity contribution is -0.137. The second-order valence-corrected chi connectivity index (χ2v) is 5.15. The number of piperidine rings is 1. The van der Waals surface area contributed by atoms with E-state index in [2.05, 4.69) is 18.4 Å². The maximum absolute atomic E-state index is 12.6. The predicted octanol–water partition coefficient (Wildman–Crippen LogP) is 3.48. The number of carbonyl (C=O) groups excluding carboxylic acids is 1. The molecule has 1 fully saturated rings. The van der Waals surface area contributed by atoms with Crippen LogP contribution in [0.4, 0.5) is 13.2 Å². The SMILES string of the molecule is C=CC(=O)N1CCC(C#Cc2cccc(C(F)(F)F)c2)CC1. The molecule has 5 heteroatoms. The van der Waals surface area contributed by atoms with Crippen LogP contribution in [0.5, 0.6) is 0 Å². The number of rotatable bonds is 1. The number of halogens is 3.